The topological polar surface area (TPSA) is 82.2 Å². The van der Waals surface area contributed by atoms with Crippen molar-refractivity contribution in [2.24, 2.45) is 10.2 Å². The fourth-order valence-electron chi connectivity index (χ4n) is 2.83. The summed E-state index contributed by atoms with van der Waals surface area (Å²) in [5.74, 6) is 1.74. The Bertz CT molecular complexity index is 1070. The molecular weight excluding hydrogens is 494 g/mol. The van der Waals surface area contributed by atoms with Gasteiger partial charge in [-0.15, -0.1) is 5.10 Å². The number of nitriles is 1. The van der Waals surface area contributed by atoms with Gasteiger partial charge in [-0.1, -0.05) is 36.4 Å². The zero-order valence-electron chi connectivity index (χ0n) is 19.3. The van der Waals surface area contributed by atoms with Crippen LogP contribution in [0.25, 0.3) is 0 Å². The van der Waals surface area contributed by atoms with Crippen LogP contribution in [0.2, 0.25) is 0 Å². The minimum Gasteiger partial charge on any atom is -0.501 e. The molecule has 1 aliphatic carbocycles. The van der Waals surface area contributed by atoms with E-state index in [1.807, 2.05) is 72.6 Å². The molecule has 0 aliphatic heterocycles. The van der Waals surface area contributed by atoms with E-state index in [1.165, 1.54) is 6.34 Å². The number of hydrazine groups is 1. The van der Waals surface area contributed by atoms with Crippen LogP contribution in [0, 0.1) is 11.3 Å². The fourth-order valence-corrected chi connectivity index (χ4v) is 3.33. The van der Waals surface area contributed by atoms with Gasteiger partial charge in [-0.2, -0.15) is 10.4 Å². The Hall–Kier alpha value is -3.83. The van der Waals surface area contributed by atoms with Crippen LogP contribution in [0.3, 0.4) is 0 Å². The quantitative estimate of drug-likeness (QED) is 0.255. The van der Waals surface area contributed by atoms with Gasteiger partial charge in [0.15, 0.2) is 0 Å². The smallest absolute Gasteiger partial charge is 0.133 e. The molecule has 0 heterocycles. The van der Waals surface area contributed by atoms with Gasteiger partial charge in [0.1, 0.15) is 24.5 Å². The van der Waals surface area contributed by atoms with Gasteiger partial charge in [-0.05, 0) is 64.8 Å². The zero-order chi connectivity index (χ0) is 24.6. The van der Waals surface area contributed by atoms with Gasteiger partial charge in [-0.25, -0.2) is 0 Å². The van der Waals surface area contributed by atoms with Gasteiger partial charge in [0.2, 0.25) is 0 Å². The molecule has 0 saturated carbocycles. The molecule has 2 aromatic carbocycles. The van der Waals surface area contributed by atoms with Crippen molar-refractivity contribution in [3.05, 3.63) is 100.0 Å². The standard InChI is InChI=1S/C15H15BrO2.C11H13N5/c1-17-13-8-5-9-15(14(16)10-13)18-11-12-6-3-2-4-7-12;1-3-16(15-9-14-13-2)11-6-4-10(8-12)5-7-11/h2-7,9-10H,8,11H2,1H3;4-7,9H,2-3H2,1H3,(H,14,15). The fraction of sp³-hybridized carbons (Fsp3) is 0.192. The van der Waals surface area contributed by atoms with Crippen molar-refractivity contribution in [3.63, 3.8) is 0 Å². The predicted octanol–water partition coefficient (Wildman–Crippen LogP) is 5.83. The average Bonchev–Trinajstić information content (AvgIpc) is 3.07. The Morgan fingerprint density at radius 3 is 2.56 bits per heavy atom. The van der Waals surface area contributed by atoms with E-state index in [1.54, 1.807) is 19.2 Å². The number of nitrogens with one attached hydrogen (secondary N) is 1. The molecule has 0 radical (unpaired) electrons. The SMILES string of the molecule is C=N/N=C\NN(CC)c1ccc(C#N)cc1.COC1=CC(Br)=C(OCc2ccccc2)C=CC1. The molecule has 0 saturated heterocycles. The van der Waals surface area contributed by atoms with Crippen LogP contribution in [0.1, 0.15) is 24.5 Å². The third-order valence-corrected chi connectivity index (χ3v) is 5.21. The van der Waals surface area contributed by atoms with E-state index in [4.69, 9.17) is 14.7 Å². The van der Waals surface area contributed by atoms with Crippen molar-refractivity contribution in [3.8, 4) is 6.07 Å². The number of allylic oxidation sites excluding steroid dienone is 4. The number of hydrogen-bond acceptors (Lipinski definition) is 6. The summed E-state index contributed by atoms with van der Waals surface area (Å²) in [5, 5.41) is 17.5. The van der Waals surface area contributed by atoms with Gasteiger partial charge in [0.05, 0.1) is 28.9 Å². The second-order valence-corrected chi connectivity index (χ2v) is 7.68. The predicted molar refractivity (Wildman–Crippen MR) is 141 cm³/mol. The largest absolute Gasteiger partial charge is 0.501 e. The van der Waals surface area contributed by atoms with E-state index in [-0.39, 0.29) is 0 Å². The molecule has 1 N–H and O–H groups in total. The summed E-state index contributed by atoms with van der Waals surface area (Å²) >= 11 is 3.51. The second kappa shape index (κ2) is 15.1. The average molecular weight is 522 g/mol. The Morgan fingerprint density at radius 2 is 1.94 bits per heavy atom. The summed E-state index contributed by atoms with van der Waals surface area (Å²) in [4.78, 5) is 0. The molecule has 34 heavy (non-hydrogen) atoms. The highest BCUT2D eigenvalue weighted by Gasteiger charge is 2.07. The van der Waals surface area contributed by atoms with Gasteiger partial charge < -0.3 is 9.47 Å². The molecule has 0 fully saturated rings. The van der Waals surface area contributed by atoms with Crippen LogP contribution in [0.5, 0.6) is 0 Å². The van der Waals surface area contributed by atoms with Crippen LogP contribution in [-0.2, 0) is 16.1 Å². The van der Waals surface area contributed by atoms with Gasteiger partial charge in [-0.3, -0.25) is 10.4 Å². The number of rotatable bonds is 9. The van der Waals surface area contributed by atoms with Crippen LogP contribution in [0.15, 0.2) is 99.0 Å². The number of anilines is 1. The molecule has 1 aliphatic rings. The number of benzene rings is 2. The van der Waals surface area contributed by atoms with Crippen LogP contribution in [-0.4, -0.2) is 26.7 Å². The second-order valence-electron chi connectivity index (χ2n) is 6.83. The lowest BCUT2D eigenvalue weighted by Crippen LogP contribution is -2.36. The molecule has 0 spiro atoms. The summed E-state index contributed by atoms with van der Waals surface area (Å²) in [5.41, 5.74) is 5.70. The molecule has 8 heteroatoms. The number of halogens is 1. The van der Waals surface area contributed by atoms with Crippen molar-refractivity contribution in [2.75, 3.05) is 18.7 Å². The lowest BCUT2D eigenvalue weighted by atomic mass is 10.2. The summed E-state index contributed by atoms with van der Waals surface area (Å²) in [6, 6.07) is 19.4. The van der Waals surface area contributed by atoms with Crippen molar-refractivity contribution in [1.29, 1.82) is 5.26 Å². The highest BCUT2D eigenvalue weighted by Crippen LogP contribution is 2.24. The molecule has 0 aromatic heterocycles. The Morgan fingerprint density at radius 1 is 1.21 bits per heavy atom. The number of nitrogens with zero attached hydrogens (tertiary/aromatic N) is 4. The highest BCUT2D eigenvalue weighted by atomic mass is 79.9. The Balaban J connectivity index is 0.000000242. The third-order valence-electron chi connectivity index (χ3n) is 4.59. The lowest BCUT2D eigenvalue weighted by molar-refractivity contribution is 0.210. The summed E-state index contributed by atoms with van der Waals surface area (Å²) in [7, 11) is 1.68. The van der Waals surface area contributed by atoms with Crippen molar-refractivity contribution >= 4 is 34.7 Å². The first-order valence-corrected chi connectivity index (χ1v) is 11.4. The molecule has 0 bridgehead atoms. The molecule has 0 unspecified atom stereocenters. The van der Waals surface area contributed by atoms with E-state index in [0.717, 1.165) is 40.2 Å². The summed E-state index contributed by atoms with van der Waals surface area (Å²) in [6.07, 6.45) is 8.18. The minimum atomic E-state index is 0.561. The first kappa shape index (κ1) is 26.4. The molecule has 176 valence electrons. The third kappa shape index (κ3) is 8.96. The normalized spacial score (nSPS) is 12.6. The van der Waals surface area contributed by atoms with Gasteiger partial charge in [0, 0.05) is 19.7 Å². The van der Waals surface area contributed by atoms with E-state index in [2.05, 4.69) is 44.3 Å². The molecular formula is C26H28BrN5O2. The molecule has 2 aromatic rings. The highest BCUT2D eigenvalue weighted by molar-refractivity contribution is 9.11. The lowest BCUT2D eigenvalue weighted by Gasteiger charge is -2.21. The number of methoxy groups -OCH3 is 1. The monoisotopic (exact) mass is 521 g/mol. The maximum Gasteiger partial charge on any atom is 0.133 e. The van der Waals surface area contributed by atoms with E-state index in [0.29, 0.717) is 12.2 Å². The first-order chi connectivity index (χ1) is 16.6. The maximum atomic E-state index is 8.68. The number of hydrogen-bond donors (Lipinski definition) is 1. The van der Waals surface area contributed by atoms with Crippen molar-refractivity contribution in [1.82, 2.24) is 5.43 Å². The summed E-state index contributed by atoms with van der Waals surface area (Å²) < 4.78 is 11.9. The minimum absolute atomic E-state index is 0.561. The molecule has 3 rings (SSSR count). The Kier molecular flexibility index (Phi) is 11.7. The molecule has 7 nitrogen and oxygen atoms in total. The van der Waals surface area contributed by atoms with Crippen molar-refractivity contribution < 1.29 is 9.47 Å². The zero-order valence-corrected chi connectivity index (χ0v) is 20.9. The Labute approximate surface area is 209 Å². The maximum absolute atomic E-state index is 8.68. The van der Waals surface area contributed by atoms with E-state index >= 15 is 0 Å². The van der Waals surface area contributed by atoms with Crippen LogP contribution < -0.4 is 10.4 Å². The van der Waals surface area contributed by atoms with Gasteiger partial charge >= 0.3 is 0 Å². The van der Waals surface area contributed by atoms with Crippen LogP contribution >= 0.6 is 15.9 Å². The first-order valence-electron chi connectivity index (χ1n) is 10.6. The van der Waals surface area contributed by atoms with Gasteiger partial charge in [0.25, 0.3) is 0 Å². The van der Waals surface area contributed by atoms with Crippen molar-refractivity contribution in [2.45, 2.75) is 20.0 Å². The van der Waals surface area contributed by atoms with E-state index < -0.39 is 0 Å². The summed E-state index contributed by atoms with van der Waals surface area (Å²) in [6.45, 7) is 6.56. The number of ether oxygens (including phenoxy) is 2. The molecule has 0 atom stereocenters. The molecule has 0 amide bonds. The van der Waals surface area contributed by atoms with E-state index in [9.17, 15) is 0 Å². The van der Waals surface area contributed by atoms with Crippen LogP contribution in [0.4, 0.5) is 5.69 Å².